The highest BCUT2D eigenvalue weighted by molar-refractivity contribution is 5.84. The molecule has 1 aliphatic rings. The summed E-state index contributed by atoms with van der Waals surface area (Å²) in [6.07, 6.45) is -5.08. The average molecular weight is 389 g/mol. The molecule has 0 radical (unpaired) electrons. The Balaban J connectivity index is 1.48. The second-order valence-electron chi connectivity index (χ2n) is 6.37. The summed E-state index contributed by atoms with van der Waals surface area (Å²) >= 11 is 0. The van der Waals surface area contributed by atoms with Crippen LogP contribution in [0.5, 0.6) is 5.75 Å². The topological polar surface area (TPSA) is 156 Å². The number of benzene rings is 1. The molecule has 4 rings (SSSR count). The number of rotatable bonds is 5. The van der Waals surface area contributed by atoms with Crippen molar-refractivity contribution in [3.8, 4) is 5.75 Å². The summed E-state index contributed by atoms with van der Waals surface area (Å²) < 4.78 is 11.1. The van der Waals surface area contributed by atoms with Crippen LogP contribution in [0.3, 0.4) is 0 Å². The summed E-state index contributed by atoms with van der Waals surface area (Å²) in [7, 11) is 0. The molecule has 3 heterocycles. The minimum atomic E-state index is -1.52. The van der Waals surface area contributed by atoms with Crippen LogP contribution in [-0.2, 0) is 11.3 Å². The lowest BCUT2D eigenvalue weighted by Crippen LogP contribution is -2.56. The molecule has 11 nitrogen and oxygen atoms in total. The molecule has 0 aliphatic carbocycles. The van der Waals surface area contributed by atoms with E-state index in [1.807, 2.05) is 24.3 Å². The second-order valence-corrected chi connectivity index (χ2v) is 6.37. The molecule has 1 aromatic carbocycles. The van der Waals surface area contributed by atoms with Crippen LogP contribution < -0.4 is 4.74 Å². The Labute approximate surface area is 158 Å². The van der Waals surface area contributed by atoms with E-state index in [1.54, 1.807) is 12.3 Å². The fourth-order valence-electron chi connectivity index (χ4n) is 3.03. The van der Waals surface area contributed by atoms with Gasteiger partial charge in [-0.25, -0.2) is 0 Å². The molecule has 1 aliphatic heterocycles. The van der Waals surface area contributed by atoms with Crippen molar-refractivity contribution in [3.05, 3.63) is 42.4 Å². The van der Waals surface area contributed by atoms with E-state index in [1.165, 1.54) is 0 Å². The lowest BCUT2D eigenvalue weighted by molar-refractivity contribution is -0.257. The van der Waals surface area contributed by atoms with Gasteiger partial charge in [0, 0.05) is 11.6 Å². The second kappa shape index (κ2) is 7.73. The van der Waals surface area contributed by atoms with Gasteiger partial charge in [-0.3, -0.25) is 4.98 Å². The van der Waals surface area contributed by atoms with E-state index in [2.05, 4.69) is 20.4 Å². The number of aromatic nitrogens is 5. The lowest BCUT2D eigenvalue weighted by atomic mass is 9.99. The van der Waals surface area contributed by atoms with Gasteiger partial charge < -0.3 is 29.9 Å². The number of hydrogen-bond acceptors (Lipinski definition) is 10. The van der Waals surface area contributed by atoms with Gasteiger partial charge in [-0.15, -0.1) is 15.0 Å². The number of fused-ring (bicyclic) bond motifs is 1. The van der Waals surface area contributed by atoms with E-state index in [4.69, 9.17) is 9.47 Å². The highest BCUT2D eigenvalue weighted by Crippen LogP contribution is 2.27. The maximum atomic E-state index is 10.1. The molecule has 0 unspecified atom stereocenters. The molecule has 0 spiro atoms. The number of nitrogens with zero attached hydrogens (tertiary/aromatic N) is 5. The quantitative estimate of drug-likeness (QED) is 0.417. The van der Waals surface area contributed by atoms with Gasteiger partial charge in [0.1, 0.15) is 35.7 Å². The molecule has 0 saturated carbocycles. The molecule has 28 heavy (non-hydrogen) atoms. The molecule has 5 atom stereocenters. The zero-order chi connectivity index (χ0) is 19.7. The number of ether oxygens (including phenoxy) is 2. The summed E-state index contributed by atoms with van der Waals surface area (Å²) in [6, 6.07) is 9.29. The van der Waals surface area contributed by atoms with Gasteiger partial charge >= 0.3 is 0 Å². The van der Waals surface area contributed by atoms with Crippen molar-refractivity contribution < 1.29 is 29.9 Å². The summed E-state index contributed by atoms with van der Waals surface area (Å²) in [5.74, 6) is 0.771. The first-order valence-corrected chi connectivity index (χ1v) is 8.64. The number of aliphatic hydroxyl groups is 4. The Morgan fingerprint density at radius 1 is 1.07 bits per heavy atom. The molecular formula is C17H19N5O6. The average Bonchev–Trinajstić information content (AvgIpc) is 3.19. The molecule has 1 fully saturated rings. The number of hydrogen-bond donors (Lipinski definition) is 4. The van der Waals surface area contributed by atoms with Crippen molar-refractivity contribution >= 4 is 10.9 Å². The third-order valence-electron chi connectivity index (χ3n) is 4.52. The minimum absolute atomic E-state index is 0.00684. The fraction of sp³-hybridized carbons (Fsp3) is 0.412. The molecule has 1 saturated heterocycles. The van der Waals surface area contributed by atoms with Gasteiger partial charge in [-0.1, -0.05) is 18.2 Å². The number of pyridine rings is 1. The summed E-state index contributed by atoms with van der Waals surface area (Å²) in [5, 5.41) is 51.8. The fourth-order valence-corrected chi connectivity index (χ4v) is 3.03. The maximum Gasteiger partial charge on any atom is 0.212 e. The third kappa shape index (κ3) is 3.41. The number of para-hydroxylation sites is 1. The van der Waals surface area contributed by atoms with E-state index in [0.29, 0.717) is 11.3 Å². The molecule has 0 amide bonds. The van der Waals surface area contributed by atoms with Crippen molar-refractivity contribution in [1.29, 1.82) is 0 Å². The van der Waals surface area contributed by atoms with Crippen LogP contribution in [0.4, 0.5) is 0 Å². The Morgan fingerprint density at radius 3 is 2.71 bits per heavy atom. The lowest BCUT2D eigenvalue weighted by Gasteiger charge is -2.38. The van der Waals surface area contributed by atoms with Crippen LogP contribution in [-0.4, -0.2) is 76.6 Å². The highest BCUT2D eigenvalue weighted by Gasteiger charge is 2.45. The smallest absolute Gasteiger partial charge is 0.212 e. The van der Waals surface area contributed by atoms with Crippen LogP contribution in [0.2, 0.25) is 0 Å². The highest BCUT2D eigenvalue weighted by atomic mass is 16.6. The third-order valence-corrected chi connectivity index (χ3v) is 4.52. The zero-order valence-electron chi connectivity index (χ0n) is 14.6. The Hall–Kier alpha value is -2.70. The maximum absolute atomic E-state index is 10.1. The van der Waals surface area contributed by atoms with E-state index >= 15 is 0 Å². The Bertz CT molecular complexity index is 945. The molecule has 4 N–H and O–H groups in total. The van der Waals surface area contributed by atoms with Gasteiger partial charge in [0.05, 0.1) is 6.61 Å². The van der Waals surface area contributed by atoms with Crippen molar-refractivity contribution in [2.75, 3.05) is 6.61 Å². The van der Waals surface area contributed by atoms with Crippen molar-refractivity contribution in [2.45, 2.75) is 37.3 Å². The van der Waals surface area contributed by atoms with E-state index in [9.17, 15) is 20.4 Å². The van der Waals surface area contributed by atoms with Crippen molar-refractivity contribution in [3.63, 3.8) is 0 Å². The van der Waals surface area contributed by atoms with Gasteiger partial charge in [0.2, 0.25) is 5.82 Å². The zero-order valence-corrected chi connectivity index (χ0v) is 14.6. The van der Waals surface area contributed by atoms with Gasteiger partial charge in [0.15, 0.2) is 12.8 Å². The first-order valence-electron chi connectivity index (χ1n) is 8.64. The monoisotopic (exact) mass is 389 g/mol. The Kier molecular flexibility index (Phi) is 5.15. The van der Waals surface area contributed by atoms with Crippen LogP contribution in [0, 0.1) is 0 Å². The van der Waals surface area contributed by atoms with Gasteiger partial charge in [0.25, 0.3) is 0 Å². The minimum Gasteiger partial charge on any atom is -0.483 e. The number of tetrazole rings is 1. The van der Waals surface area contributed by atoms with Crippen LogP contribution in [0.15, 0.2) is 36.5 Å². The normalized spacial score (nSPS) is 27.8. The molecule has 3 aromatic rings. The largest absolute Gasteiger partial charge is 0.483 e. The summed E-state index contributed by atoms with van der Waals surface area (Å²) in [5.41, 5.74) is 0.700. The van der Waals surface area contributed by atoms with E-state index < -0.39 is 37.3 Å². The van der Waals surface area contributed by atoms with E-state index in [0.717, 1.165) is 10.2 Å². The van der Waals surface area contributed by atoms with Crippen LogP contribution in [0.25, 0.3) is 10.9 Å². The molecule has 148 valence electrons. The molecule has 0 bridgehead atoms. The van der Waals surface area contributed by atoms with Crippen LogP contribution in [0.1, 0.15) is 12.1 Å². The van der Waals surface area contributed by atoms with Gasteiger partial charge in [-0.2, -0.15) is 0 Å². The predicted octanol–water partition coefficient (Wildman–Crippen LogP) is -1.23. The summed E-state index contributed by atoms with van der Waals surface area (Å²) in [4.78, 5) is 5.27. The summed E-state index contributed by atoms with van der Waals surface area (Å²) in [6.45, 7) is -0.548. The molecule has 2 aromatic heterocycles. The van der Waals surface area contributed by atoms with E-state index in [-0.39, 0.29) is 12.4 Å². The molecule has 11 heteroatoms. The van der Waals surface area contributed by atoms with Crippen LogP contribution >= 0.6 is 0 Å². The number of aliphatic hydroxyl groups excluding tert-OH is 4. The first kappa shape index (κ1) is 18.7. The first-order chi connectivity index (χ1) is 13.6. The molecular weight excluding hydrogens is 370 g/mol. The van der Waals surface area contributed by atoms with Gasteiger partial charge in [-0.05, 0) is 17.3 Å². The SMILES string of the molecule is OC[C@H]1O[C@@H](n2nnc(COc3cccc4cccnc34)n2)[C@H](O)[C@@H](O)[C@H]1O. The van der Waals surface area contributed by atoms with Crippen molar-refractivity contribution in [2.24, 2.45) is 0 Å². The predicted molar refractivity (Wildman–Crippen MR) is 92.9 cm³/mol. The standard InChI is InChI=1S/C17H19N5O6/c23-7-11-14(24)15(25)16(26)17(28-11)22-20-12(19-21-22)8-27-10-5-1-3-9-4-2-6-18-13(9)10/h1-6,11,14-17,23-26H,7-8H2/t11-,14+,15+,16-,17-/m1/s1. The Morgan fingerprint density at radius 2 is 1.89 bits per heavy atom. The van der Waals surface area contributed by atoms with Crippen molar-refractivity contribution in [1.82, 2.24) is 25.2 Å².